The minimum Gasteiger partial charge on any atom is -0.462 e. The molecule has 0 bridgehead atoms. The zero-order valence-electron chi connectivity index (χ0n) is 33.4. The van der Waals surface area contributed by atoms with Crippen molar-refractivity contribution in [2.45, 2.75) is 77.5 Å². The number of rotatable bonds is 9. The number of ether oxygens (including phenoxy) is 1. The molecule has 2 amide bonds. The zero-order valence-corrected chi connectivity index (χ0v) is 35.0. The van der Waals surface area contributed by atoms with Gasteiger partial charge in [0.15, 0.2) is 12.4 Å². The summed E-state index contributed by atoms with van der Waals surface area (Å²) in [4.78, 5) is 52.3. The number of aromatic nitrogens is 4. The molecule has 1 fully saturated rings. The minimum atomic E-state index is -0.862. The van der Waals surface area contributed by atoms with E-state index in [1.165, 1.54) is 4.90 Å². The van der Waals surface area contributed by atoms with Gasteiger partial charge in [-0.05, 0) is 74.2 Å². The van der Waals surface area contributed by atoms with E-state index in [0.29, 0.717) is 21.7 Å². The SMILES string of the molecule is Cc1ncsc1-c1ccc([C@H](C)NC(=O)[C@@H]2C[C@@H](O)CN2C(=O)[C@@H](c2cc(OCC#Cc3cccc4c3C(C)(C)c3nc(=O)c5c(Cl)cccc5n3-4)no2)C(C)C)cc1. The predicted molar refractivity (Wildman–Crippen MR) is 226 cm³/mol. The van der Waals surface area contributed by atoms with Crippen LogP contribution in [0.4, 0.5) is 0 Å². The van der Waals surface area contributed by atoms with Crippen molar-refractivity contribution in [1.29, 1.82) is 0 Å². The summed E-state index contributed by atoms with van der Waals surface area (Å²) in [5.74, 6) is 5.67. The smallest absolute Gasteiger partial charge is 0.282 e. The number of β-amino-alcohol motifs (C(OH)–C–C–N with tert-alkyl or cyclic N) is 1. The van der Waals surface area contributed by atoms with Gasteiger partial charge in [-0.2, -0.15) is 4.98 Å². The second kappa shape index (κ2) is 15.7. The van der Waals surface area contributed by atoms with Crippen LogP contribution in [-0.4, -0.2) is 66.8 Å². The fraction of sp³-hybridized carbons (Fsp3) is 0.333. The summed E-state index contributed by atoms with van der Waals surface area (Å²) in [6, 6.07) is 19.5. The Bertz CT molecular complexity index is 2730. The summed E-state index contributed by atoms with van der Waals surface area (Å²) < 4.78 is 13.5. The standard InChI is InChI=1S/C45H43ClN6O6S/c1-24(2)37(43(56)51-22-30(53)20-34(51)41(54)48-25(3)27-15-17-29(18-16-27)40-26(4)47-23-59-40)35-21-36(50-58-35)57-19-9-11-28-10-7-14-33-39(28)45(5,6)44-49-42(55)38-31(46)12-8-13-32(38)52(33)44/h7-8,10,12-18,21,23-25,30,34,37,53H,19-20,22H2,1-6H3,(H,48,54)/t25-,30+,34-,37+/m0/s1. The van der Waals surface area contributed by atoms with Crippen LogP contribution in [0.3, 0.4) is 0 Å². The number of hydrogen-bond donors (Lipinski definition) is 2. The Morgan fingerprint density at radius 1 is 1.12 bits per heavy atom. The molecule has 6 aromatic rings. The first kappa shape index (κ1) is 40.0. The van der Waals surface area contributed by atoms with Crippen LogP contribution >= 0.6 is 22.9 Å². The van der Waals surface area contributed by atoms with Gasteiger partial charge in [0.2, 0.25) is 11.8 Å². The van der Waals surface area contributed by atoms with Crippen LogP contribution in [0.15, 0.2) is 81.6 Å². The molecule has 0 radical (unpaired) electrons. The lowest BCUT2D eigenvalue weighted by atomic mass is 9.82. The Hall–Kier alpha value is -5.81. The normalized spacial score (nSPS) is 17.6. The summed E-state index contributed by atoms with van der Waals surface area (Å²) in [7, 11) is 0. The predicted octanol–water partition coefficient (Wildman–Crippen LogP) is 7.11. The first-order valence-corrected chi connectivity index (χ1v) is 20.7. The number of thiazole rings is 1. The van der Waals surface area contributed by atoms with E-state index in [1.54, 1.807) is 23.5 Å². The van der Waals surface area contributed by atoms with E-state index < -0.39 is 23.5 Å². The third kappa shape index (κ3) is 7.30. The Kier molecular flexibility index (Phi) is 10.7. The quantitative estimate of drug-likeness (QED) is 0.145. The molecule has 59 heavy (non-hydrogen) atoms. The van der Waals surface area contributed by atoms with E-state index in [4.69, 9.17) is 20.9 Å². The molecular weight excluding hydrogens is 788 g/mol. The molecule has 4 atom stereocenters. The summed E-state index contributed by atoms with van der Waals surface area (Å²) >= 11 is 8.02. The molecule has 2 aliphatic heterocycles. The van der Waals surface area contributed by atoms with Crippen LogP contribution in [0.2, 0.25) is 5.02 Å². The summed E-state index contributed by atoms with van der Waals surface area (Å²) in [5.41, 5.74) is 7.00. The van der Waals surface area contributed by atoms with E-state index in [2.05, 4.69) is 32.3 Å². The van der Waals surface area contributed by atoms with Crippen LogP contribution in [-0.2, 0) is 15.0 Å². The van der Waals surface area contributed by atoms with Crippen LogP contribution in [0.25, 0.3) is 27.0 Å². The van der Waals surface area contributed by atoms with Crippen molar-refractivity contribution in [2.24, 2.45) is 5.92 Å². The minimum absolute atomic E-state index is 0.0200. The van der Waals surface area contributed by atoms with Gasteiger partial charge in [-0.3, -0.25) is 19.0 Å². The second-order valence-electron chi connectivity index (χ2n) is 15.9. The van der Waals surface area contributed by atoms with Crippen molar-refractivity contribution >= 4 is 45.7 Å². The summed E-state index contributed by atoms with van der Waals surface area (Å²) in [5, 5.41) is 18.5. The lowest BCUT2D eigenvalue weighted by molar-refractivity contribution is -0.141. The van der Waals surface area contributed by atoms with Gasteiger partial charge in [0, 0.05) is 30.2 Å². The molecule has 1 saturated heterocycles. The van der Waals surface area contributed by atoms with Crippen LogP contribution < -0.4 is 15.6 Å². The summed E-state index contributed by atoms with van der Waals surface area (Å²) in [6.07, 6.45) is -0.732. The average Bonchev–Trinajstić information content (AvgIpc) is 3.99. The van der Waals surface area contributed by atoms with Gasteiger partial charge in [0.25, 0.3) is 11.4 Å². The van der Waals surface area contributed by atoms with E-state index in [0.717, 1.165) is 38.5 Å². The maximum absolute atomic E-state index is 14.2. The molecule has 0 spiro atoms. The maximum Gasteiger partial charge on any atom is 0.282 e. The Balaban J connectivity index is 0.948. The van der Waals surface area contributed by atoms with Crippen molar-refractivity contribution in [1.82, 2.24) is 29.9 Å². The number of aliphatic hydroxyl groups is 1. The highest BCUT2D eigenvalue weighted by atomic mass is 35.5. The van der Waals surface area contributed by atoms with E-state index >= 15 is 0 Å². The molecule has 2 aliphatic rings. The average molecular weight is 831 g/mol. The van der Waals surface area contributed by atoms with E-state index in [1.807, 2.05) is 106 Å². The first-order valence-electron chi connectivity index (χ1n) is 19.5. The number of amides is 2. The Morgan fingerprint density at radius 3 is 2.61 bits per heavy atom. The zero-order chi connectivity index (χ0) is 41.7. The maximum atomic E-state index is 14.2. The highest BCUT2D eigenvalue weighted by Crippen LogP contribution is 2.44. The highest BCUT2D eigenvalue weighted by molar-refractivity contribution is 7.13. The molecule has 12 nitrogen and oxygen atoms in total. The number of aliphatic hydroxyl groups excluding tert-OH is 1. The van der Waals surface area contributed by atoms with E-state index in [-0.39, 0.29) is 60.5 Å². The number of benzene rings is 3. The van der Waals surface area contributed by atoms with Gasteiger partial charge in [-0.1, -0.05) is 73.7 Å². The van der Waals surface area contributed by atoms with E-state index in [9.17, 15) is 19.5 Å². The number of likely N-dealkylation sites (tertiary alicyclic amines) is 1. The Labute approximate surface area is 350 Å². The van der Waals surface area contributed by atoms with Crippen LogP contribution in [0.5, 0.6) is 5.88 Å². The number of fused-ring (bicyclic) bond motifs is 5. The monoisotopic (exact) mass is 830 g/mol. The topological polar surface area (TPSA) is 153 Å². The van der Waals surface area contributed by atoms with Crippen molar-refractivity contribution in [3.05, 3.63) is 122 Å². The fourth-order valence-electron chi connectivity index (χ4n) is 8.33. The number of hydrogen-bond acceptors (Lipinski definition) is 10. The number of nitrogens with zero attached hydrogens (tertiary/aromatic N) is 5. The number of carbonyl (C=O) groups is 2. The number of aryl methyl sites for hydroxylation is 1. The summed E-state index contributed by atoms with van der Waals surface area (Å²) in [6.45, 7) is 11.7. The lowest BCUT2D eigenvalue weighted by Crippen LogP contribution is -2.48. The van der Waals surface area contributed by atoms with Crippen LogP contribution in [0, 0.1) is 24.7 Å². The third-order valence-corrected chi connectivity index (χ3v) is 12.5. The van der Waals surface area contributed by atoms with Crippen molar-refractivity contribution < 1.29 is 24.0 Å². The number of halogens is 1. The van der Waals surface area contributed by atoms with Gasteiger partial charge >= 0.3 is 0 Å². The van der Waals surface area contributed by atoms with Gasteiger partial charge in [-0.15, -0.1) is 11.3 Å². The number of nitrogens with one attached hydrogen (secondary N) is 1. The van der Waals surface area contributed by atoms with Gasteiger partial charge in [0.05, 0.1) is 55.3 Å². The molecule has 3 aromatic heterocycles. The number of carbonyl (C=O) groups excluding carboxylic acids is 2. The third-order valence-electron chi connectivity index (χ3n) is 11.2. The van der Waals surface area contributed by atoms with Crippen molar-refractivity contribution in [3.63, 3.8) is 0 Å². The molecular formula is C45H43ClN6O6S. The Morgan fingerprint density at radius 2 is 1.88 bits per heavy atom. The molecule has 0 aliphatic carbocycles. The largest absolute Gasteiger partial charge is 0.462 e. The van der Waals surface area contributed by atoms with Crippen molar-refractivity contribution in [3.8, 4) is 33.8 Å². The lowest BCUT2D eigenvalue weighted by Gasteiger charge is -2.29. The highest BCUT2D eigenvalue weighted by Gasteiger charge is 2.44. The van der Waals surface area contributed by atoms with Gasteiger partial charge < -0.3 is 24.6 Å². The molecule has 8 rings (SSSR count). The molecule has 302 valence electrons. The second-order valence-corrected chi connectivity index (χ2v) is 17.2. The molecule has 14 heteroatoms. The molecule has 0 saturated carbocycles. The van der Waals surface area contributed by atoms with Crippen molar-refractivity contribution in [2.75, 3.05) is 13.2 Å². The molecule has 3 aromatic carbocycles. The van der Waals surface area contributed by atoms with Crippen LogP contribution in [0.1, 0.15) is 87.0 Å². The molecule has 2 N–H and O–H groups in total. The molecule has 5 heterocycles. The fourth-order valence-corrected chi connectivity index (χ4v) is 9.39. The molecule has 0 unspecified atom stereocenters. The first-order chi connectivity index (χ1) is 28.2. The van der Waals surface area contributed by atoms with Gasteiger partial charge in [-0.25, -0.2) is 4.98 Å². The van der Waals surface area contributed by atoms with Gasteiger partial charge in [0.1, 0.15) is 17.8 Å².